The lowest BCUT2D eigenvalue weighted by Gasteiger charge is -1.93. The molecule has 74 valence electrons. The van der Waals surface area contributed by atoms with Crippen LogP contribution in [0.4, 0.5) is 0 Å². The van der Waals surface area contributed by atoms with Gasteiger partial charge in [0.1, 0.15) is 0 Å². The zero-order valence-electron chi connectivity index (χ0n) is 7.78. The molecule has 13 heavy (non-hydrogen) atoms. The van der Waals surface area contributed by atoms with Gasteiger partial charge >= 0.3 is 0 Å². The largest absolute Gasteiger partial charge is 0.373 e. The molecule has 0 aromatic rings. The number of ether oxygens (including phenoxy) is 3. The van der Waals surface area contributed by atoms with Crippen LogP contribution in [0.2, 0.25) is 0 Å². The molecule has 3 rings (SSSR count). The van der Waals surface area contributed by atoms with Crippen LogP contribution < -0.4 is 0 Å². The van der Waals surface area contributed by atoms with Crippen LogP contribution in [0.15, 0.2) is 0 Å². The Morgan fingerprint density at radius 2 is 1.69 bits per heavy atom. The van der Waals surface area contributed by atoms with E-state index in [9.17, 15) is 0 Å². The quantitative estimate of drug-likeness (QED) is 0.580. The summed E-state index contributed by atoms with van der Waals surface area (Å²) in [6.45, 7) is 1.95. The Labute approximate surface area is 78.3 Å². The summed E-state index contributed by atoms with van der Waals surface area (Å²) < 4.78 is 15.9. The SMILES string of the molecule is C(C[C@@H]1CO1)C[C@@H]1O[C@@H]1C[C@@H]1CO1. The molecule has 0 aromatic heterocycles. The van der Waals surface area contributed by atoms with Gasteiger partial charge < -0.3 is 14.2 Å². The molecular formula is C10H16O3. The first-order valence-electron chi connectivity index (χ1n) is 5.30. The van der Waals surface area contributed by atoms with E-state index in [4.69, 9.17) is 14.2 Å². The summed E-state index contributed by atoms with van der Waals surface area (Å²) in [5, 5.41) is 0. The molecule has 0 bridgehead atoms. The van der Waals surface area contributed by atoms with Crippen molar-refractivity contribution in [3.8, 4) is 0 Å². The van der Waals surface area contributed by atoms with Gasteiger partial charge in [-0.25, -0.2) is 0 Å². The van der Waals surface area contributed by atoms with Crippen molar-refractivity contribution in [2.24, 2.45) is 0 Å². The second kappa shape index (κ2) is 3.23. The van der Waals surface area contributed by atoms with Crippen LogP contribution >= 0.6 is 0 Å². The number of epoxide rings is 3. The highest BCUT2D eigenvalue weighted by Gasteiger charge is 2.42. The first-order chi connectivity index (χ1) is 6.42. The Kier molecular flexibility index (Phi) is 2.04. The normalized spacial score (nSPS) is 46.2. The van der Waals surface area contributed by atoms with Gasteiger partial charge in [0.05, 0.1) is 37.6 Å². The molecule has 3 aliphatic rings. The monoisotopic (exact) mass is 184 g/mol. The van der Waals surface area contributed by atoms with Gasteiger partial charge in [-0.1, -0.05) is 0 Å². The lowest BCUT2D eigenvalue weighted by atomic mass is 10.1. The second-order valence-corrected chi connectivity index (χ2v) is 4.29. The third kappa shape index (κ3) is 2.42. The van der Waals surface area contributed by atoms with Gasteiger partial charge in [-0.3, -0.25) is 0 Å². The van der Waals surface area contributed by atoms with E-state index in [1.54, 1.807) is 0 Å². The number of hydrogen-bond acceptors (Lipinski definition) is 3. The maximum Gasteiger partial charge on any atom is 0.0867 e. The lowest BCUT2D eigenvalue weighted by Crippen LogP contribution is -1.99. The molecule has 0 saturated carbocycles. The van der Waals surface area contributed by atoms with Crippen molar-refractivity contribution in [3.63, 3.8) is 0 Å². The van der Waals surface area contributed by atoms with E-state index in [-0.39, 0.29) is 0 Å². The molecular weight excluding hydrogens is 168 g/mol. The maximum absolute atomic E-state index is 5.55. The third-order valence-corrected chi connectivity index (χ3v) is 3.00. The fourth-order valence-corrected chi connectivity index (χ4v) is 1.89. The molecule has 0 unspecified atom stereocenters. The first kappa shape index (κ1) is 8.21. The average Bonchev–Trinajstić information content (AvgIpc) is 2.91. The average molecular weight is 184 g/mol. The molecule has 0 amide bonds. The standard InChI is InChI=1S/C10H16O3/c1(2-7-5-11-7)3-9-10(13-9)4-8-6-12-8/h7-10H,1-6H2/t7-,8-,9+,10-/m1/s1. The Balaban J connectivity index is 1.25. The van der Waals surface area contributed by atoms with Gasteiger partial charge in [-0.15, -0.1) is 0 Å². The summed E-state index contributed by atoms with van der Waals surface area (Å²) in [5.74, 6) is 0. The van der Waals surface area contributed by atoms with Crippen molar-refractivity contribution in [1.82, 2.24) is 0 Å². The maximum atomic E-state index is 5.55. The Morgan fingerprint density at radius 1 is 0.923 bits per heavy atom. The predicted octanol–water partition coefficient (Wildman–Crippen LogP) is 1.11. The fourth-order valence-electron chi connectivity index (χ4n) is 1.89. The van der Waals surface area contributed by atoms with Crippen molar-refractivity contribution >= 4 is 0 Å². The molecule has 0 N–H and O–H groups in total. The van der Waals surface area contributed by atoms with E-state index in [1.165, 1.54) is 19.3 Å². The topological polar surface area (TPSA) is 37.6 Å². The Hall–Kier alpha value is -0.120. The highest BCUT2D eigenvalue weighted by atomic mass is 16.6. The van der Waals surface area contributed by atoms with Crippen molar-refractivity contribution < 1.29 is 14.2 Å². The lowest BCUT2D eigenvalue weighted by molar-refractivity contribution is 0.325. The van der Waals surface area contributed by atoms with Crippen molar-refractivity contribution in [2.75, 3.05) is 13.2 Å². The number of rotatable bonds is 6. The molecule has 3 nitrogen and oxygen atoms in total. The minimum Gasteiger partial charge on any atom is -0.373 e. The fraction of sp³-hybridized carbons (Fsp3) is 1.00. The summed E-state index contributed by atoms with van der Waals surface area (Å²) in [5.41, 5.74) is 0. The van der Waals surface area contributed by atoms with Crippen LogP contribution in [-0.2, 0) is 14.2 Å². The smallest absolute Gasteiger partial charge is 0.0867 e. The van der Waals surface area contributed by atoms with Gasteiger partial charge in [0, 0.05) is 6.42 Å². The molecule has 3 heterocycles. The third-order valence-electron chi connectivity index (χ3n) is 3.00. The van der Waals surface area contributed by atoms with Crippen LogP contribution in [0.1, 0.15) is 25.7 Å². The van der Waals surface area contributed by atoms with Gasteiger partial charge in [-0.2, -0.15) is 0 Å². The Bertz CT molecular complexity index is 187. The van der Waals surface area contributed by atoms with Gasteiger partial charge in [0.25, 0.3) is 0 Å². The highest BCUT2D eigenvalue weighted by molar-refractivity contribution is 4.89. The summed E-state index contributed by atoms with van der Waals surface area (Å²) in [6.07, 6.45) is 7.02. The molecule has 3 fully saturated rings. The van der Waals surface area contributed by atoms with Crippen LogP contribution in [0, 0.1) is 0 Å². The minimum absolute atomic E-state index is 0.521. The van der Waals surface area contributed by atoms with Crippen LogP contribution in [0.25, 0.3) is 0 Å². The zero-order chi connectivity index (χ0) is 8.67. The summed E-state index contributed by atoms with van der Waals surface area (Å²) >= 11 is 0. The summed E-state index contributed by atoms with van der Waals surface area (Å²) in [4.78, 5) is 0. The molecule has 0 aliphatic carbocycles. The van der Waals surface area contributed by atoms with E-state index in [0.717, 1.165) is 19.6 Å². The molecule has 3 saturated heterocycles. The van der Waals surface area contributed by atoms with Crippen molar-refractivity contribution in [3.05, 3.63) is 0 Å². The van der Waals surface area contributed by atoms with Crippen LogP contribution in [-0.4, -0.2) is 37.6 Å². The van der Waals surface area contributed by atoms with Crippen molar-refractivity contribution in [1.29, 1.82) is 0 Å². The van der Waals surface area contributed by atoms with Gasteiger partial charge in [-0.05, 0) is 19.3 Å². The molecule has 3 heteroatoms. The van der Waals surface area contributed by atoms with E-state index in [0.29, 0.717) is 24.4 Å². The Morgan fingerprint density at radius 3 is 2.38 bits per heavy atom. The van der Waals surface area contributed by atoms with E-state index < -0.39 is 0 Å². The van der Waals surface area contributed by atoms with Gasteiger partial charge in [0.2, 0.25) is 0 Å². The van der Waals surface area contributed by atoms with Crippen LogP contribution in [0.3, 0.4) is 0 Å². The molecule has 0 radical (unpaired) electrons. The highest BCUT2D eigenvalue weighted by Crippen LogP contribution is 2.34. The molecule has 3 aliphatic heterocycles. The minimum atomic E-state index is 0.521. The van der Waals surface area contributed by atoms with E-state index >= 15 is 0 Å². The van der Waals surface area contributed by atoms with Crippen LogP contribution in [0.5, 0.6) is 0 Å². The zero-order valence-corrected chi connectivity index (χ0v) is 7.78. The molecule has 0 spiro atoms. The second-order valence-electron chi connectivity index (χ2n) is 4.29. The summed E-state index contributed by atoms with van der Waals surface area (Å²) in [7, 11) is 0. The molecule has 0 aromatic carbocycles. The van der Waals surface area contributed by atoms with E-state index in [1.807, 2.05) is 0 Å². The summed E-state index contributed by atoms with van der Waals surface area (Å²) in [6, 6.07) is 0. The van der Waals surface area contributed by atoms with E-state index in [2.05, 4.69) is 0 Å². The van der Waals surface area contributed by atoms with Gasteiger partial charge in [0.15, 0.2) is 0 Å². The van der Waals surface area contributed by atoms with Crippen molar-refractivity contribution in [2.45, 2.75) is 50.1 Å². The predicted molar refractivity (Wildman–Crippen MR) is 46.6 cm³/mol. The molecule has 4 atom stereocenters. The first-order valence-corrected chi connectivity index (χ1v) is 5.30. The number of hydrogen-bond donors (Lipinski definition) is 0.